The van der Waals surface area contributed by atoms with E-state index in [1.807, 2.05) is 76.8 Å². The molecule has 3 N–H and O–H groups in total. The first-order valence-corrected chi connectivity index (χ1v) is 23.0. The highest BCUT2D eigenvalue weighted by atomic mass is 16.7. The van der Waals surface area contributed by atoms with E-state index in [-0.39, 0.29) is 66.6 Å². The molecule has 1 aromatic rings. The fourth-order valence-electron chi connectivity index (χ4n) is 9.21. The minimum atomic E-state index is -0.897. The number of nitrogens with zero attached hydrogens (tertiary/aromatic N) is 4. The molecular weight excluding hydrogens is 809 g/mol. The molecule has 1 aromatic carbocycles. The Morgan fingerprint density at radius 1 is 0.889 bits per heavy atom. The van der Waals surface area contributed by atoms with Crippen LogP contribution in [0.2, 0.25) is 0 Å². The number of hydrogen-bond acceptors (Lipinski definition) is 10. The summed E-state index contributed by atoms with van der Waals surface area (Å²) in [5.74, 6) is -3.56. The first kappa shape index (κ1) is 53.2. The summed E-state index contributed by atoms with van der Waals surface area (Å²) in [5, 5.41) is 16.5. The number of ether oxygens (including phenoxy) is 2. The number of aliphatic carboxylic acids is 1. The van der Waals surface area contributed by atoms with Gasteiger partial charge in [-0.25, -0.2) is 5.06 Å². The number of rotatable bonds is 25. The standard InChI is InChI=1S/C47H78N6O10/c1-12-32(6)42(51(9)47(60)40(30(2)3)49-45(58)41(31(4)5)50(8)24-19-23-39(55)56)37(61-10)29-38(54)52-25-18-22-36(52)43(62-11)33(7)44(57)48-35(28-34-20-14-13-15-21-34)46(59)53-26-16-17-27-63-53/h13-15,20-21,30-33,35-37,40-43H,12,16-19,22-29H2,1-11H3,(H,48,57)(H,49,58)(H,55,56). The van der Waals surface area contributed by atoms with Crippen molar-refractivity contribution in [2.75, 3.05) is 54.6 Å². The second-order valence-corrected chi connectivity index (χ2v) is 18.2. The van der Waals surface area contributed by atoms with Crippen LogP contribution in [0.1, 0.15) is 105 Å². The van der Waals surface area contributed by atoms with Crippen LogP contribution in [-0.2, 0) is 49.5 Å². The summed E-state index contributed by atoms with van der Waals surface area (Å²) in [4.78, 5) is 92.6. The van der Waals surface area contributed by atoms with Crippen molar-refractivity contribution >= 4 is 35.5 Å². The number of methoxy groups -OCH3 is 2. The summed E-state index contributed by atoms with van der Waals surface area (Å²) < 4.78 is 12.1. The average Bonchev–Trinajstić information content (AvgIpc) is 3.74. The van der Waals surface area contributed by atoms with Crippen molar-refractivity contribution in [1.82, 2.24) is 30.4 Å². The maximum absolute atomic E-state index is 14.5. The van der Waals surface area contributed by atoms with Crippen LogP contribution in [0.5, 0.6) is 0 Å². The largest absolute Gasteiger partial charge is 0.481 e. The van der Waals surface area contributed by atoms with Crippen molar-refractivity contribution in [3.63, 3.8) is 0 Å². The number of carboxylic acids is 1. The molecule has 2 aliphatic heterocycles. The summed E-state index contributed by atoms with van der Waals surface area (Å²) in [7, 11) is 6.55. The molecular formula is C47H78N6O10. The first-order chi connectivity index (χ1) is 29.9. The predicted octanol–water partition coefficient (Wildman–Crippen LogP) is 4.15. The van der Waals surface area contributed by atoms with Crippen LogP contribution in [0.3, 0.4) is 0 Å². The van der Waals surface area contributed by atoms with Gasteiger partial charge in [-0.2, -0.15) is 0 Å². The molecule has 16 heteroatoms. The van der Waals surface area contributed by atoms with Gasteiger partial charge in [0.15, 0.2) is 0 Å². The molecule has 3 rings (SSSR count). The summed E-state index contributed by atoms with van der Waals surface area (Å²) in [5.41, 5.74) is 0.895. The van der Waals surface area contributed by atoms with Gasteiger partial charge in [0, 0.05) is 47.2 Å². The number of benzene rings is 1. The normalized spacial score (nSPS) is 19.5. The van der Waals surface area contributed by atoms with Crippen LogP contribution in [-0.4, -0.2) is 157 Å². The molecule has 356 valence electrons. The van der Waals surface area contributed by atoms with Crippen molar-refractivity contribution in [2.24, 2.45) is 23.7 Å². The summed E-state index contributed by atoms with van der Waals surface area (Å²) in [6, 6.07) is 6.24. The number of amides is 5. The van der Waals surface area contributed by atoms with E-state index in [0.29, 0.717) is 51.9 Å². The Bertz CT molecular complexity index is 1620. The lowest BCUT2D eigenvalue weighted by Gasteiger charge is -2.41. The van der Waals surface area contributed by atoms with E-state index in [0.717, 1.165) is 18.4 Å². The van der Waals surface area contributed by atoms with Crippen molar-refractivity contribution < 1.29 is 48.2 Å². The Morgan fingerprint density at radius 2 is 1.57 bits per heavy atom. The van der Waals surface area contributed by atoms with E-state index in [4.69, 9.17) is 19.4 Å². The number of likely N-dealkylation sites (tertiary alicyclic amines) is 1. The Hall–Kier alpha value is -4.12. The Labute approximate surface area is 376 Å². The zero-order valence-electron chi connectivity index (χ0n) is 39.8. The van der Waals surface area contributed by atoms with E-state index in [1.165, 1.54) is 19.3 Å². The van der Waals surface area contributed by atoms with Crippen molar-refractivity contribution in [3.05, 3.63) is 35.9 Å². The topological polar surface area (TPSA) is 187 Å². The molecule has 9 atom stereocenters. The van der Waals surface area contributed by atoms with E-state index in [1.54, 1.807) is 30.8 Å². The fraction of sp³-hybridized carbons (Fsp3) is 0.745. The third-order valence-corrected chi connectivity index (χ3v) is 12.9. The Balaban J connectivity index is 1.79. The molecule has 2 saturated heterocycles. The van der Waals surface area contributed by atoms with Crippen LogP contribution >= 0.6 is 0 Å². The molecule has 0 spiro atoms. The molecule has 0 aromatic heterocycles. The number of carbonyl (C=O) groups excluding carboxylic acids is 5. The van der Waals surface area contributed by atoms with Crippen molar-refractivity contribution in [1.29, 1.82) is 0 Å². The van der Waals surface area contributed by atoms with E-state index in [9.17, 15) is 28.8 Å². The van der Waals surface area contributed by atoms with Gasteiger partial charge in [0.25, 0.3) is 5.91 Å². The molecule has 9 unspecified atom stereocenters. The monoisotopic (exact) mass is 887 g/mol. The molecule has 2 fully saturated rings. The van der Waals surface area contributed by atoms with Gasteiger partial charge in [0.05, 0.1) is 49.3 Å². The number of likely N-dealkylation sites (N-methyl/N-ethyl adjacent to an activating group) is 2. The van der Waals surface area contributed by atoms with E-state index in [2.05, 4.69) is 10.6 Å². The Kier molecular flexibility index (Phi) is 22.0. The fourth-order valence-corrected chi connectivity index (χ4v) is 9.21. The number of carbonyl (C=O) groups is 6. The minimum Gasteiger partial charge on any atom is -0.481 e. The van der Waals surface area contributed by atoms with Crippen LogP contribution in [0, 0.1) is 23.7 Å². The zero-order chi connectivity index (χ0) is 47.0. The van der Waals surface area contributed by atoms with Gasteiger partial charge in [-0.1, -0.05) is 85.2 Å². The SMILES string of the molecule is CCC(C)C(C(CC(=O)N1CCCC1C(OC)C(C)C(=O)NC(Cc1ccccc1)C(=O)N1CCCCO1)OC)N(C)C(=O)C(NC(=O)C(C(C)C)N(C)CCCC(=O)O)C(C)C. The highest BCUT2D eigenvalue weighted by molar-refractivity contribution is 5.90. The number of hydroxylamine groups is 2. The maximum Gasteiger partial charge on any atom is 0.303 e. The summed E-state index contributed by atoms with van der Waals surface area (Å²) >= 11 is 0. The van der Waals surface area contributed by atoms with Gasteiger partial charge in [0.2, 0.25) is 23.6 Å². The van der Waals surface area contributed by atoms with Gasteiger partial charge < -0.3 is 35.0 Å². The lowest BCUT2D eigenvalue weighted by Crippen LogP contribution is -2.60. The van der Waals surface area contributed by atoms with Crippen molar-refractivity contribution in [2.45, 2.75) is 149 Å². The molecule has 0 radical (unpaired) electrons. The smallest absolute Gasteiger partial charge is 0.303 e. The summed E-state index contributed by atoms with van der Waals surface area (Å²) in [6.07, 6.45) is 2.94. The van der Waals surface area contributed by atoms with Gasteiger partial charge in [0.1, 0.15) is 12.1 Å². The van der Waals surface area contributed by atoms with Gasteiger partial charge in [-0.05, 0) is 69.0 Å². The molecule has 0 aliphatic carbocycles. The second-order valence-electron chi connectivity index (χ2n) is 18.2. The quantitative estimate of drug-likeness (QED) is 0.128. The lowest BCUT2D eigenvalue weighted by atomic mass is 9.89. The third-order valence-electron chi connectivity index (χ3n) is 12.9. The first-order valence-electron chi connectivity index (χ1n) is 23.0. The highest BCUT2D eigenvalue weighted by Gasteiger charge is 2.44. The molecule has 0 saturated carbocycles. The van der Waals surface area contributed by atoms with Gasteiger partial charge in [-0.15, -0.1) is 0 Å². The average molecular weight is 887 g/mol. The highest BCUT2D eigenvalue weighted by Crippen LogP contribution is 2.30. The summed E-state index contributed by atoms with van der Waals surface area (Å²) in [6.45, 7) is 15.1. The van der Waals surface area contributed by atoms with Crippen LogP contribution in [0.15, 0.2) is 30.3 Å². The van der Waals surface area contributed by atoms with Crippen molar-refractivity contribution in [3.8, 4) is 0 Å². The molecule has 0 bridgehead atoms. The molecule has 16 nitrogen and oxygen atoms in total. The zero-order valence-corrected chi connectivity index (χ0v) is 39.8. The Morgan fingerprint density at radius 3 is 2.13 bits per heavy atom. The number of nitrogens with one attached hydrogen (secondary N) is 2. The van der Waals surface area contributed by atoms with Crippen LogP contribution in [0.4, 0.5) is 0 Å². The second kappa shape index (κ2) is 26.0. The molecule has 2 heterocycles. The molecule has 2 aliphatic rings. The van der Waals surface area contributed by atoms with E-state index >= 15 is 0 Å². The maximum atomic E-state index is 14.5. The van der Waals surface area contributed by atoms with E-state index < -0.39 is 54.3 Å². The van der Waals surface area contributed by atoms with Gasteiger partial charge in [-0.3, -0.25) is 38.5 Å². The number of hydrogen-bond donors (Lipinski definition) is 3. The third kappa shape index (κ3) is 15.0. The molecule has 5 amide bonds. The number of carboxylic acid groups (broad SMARTS) is 1. The van der Waals surface area contributed by atoms with Crippen LogP contribution in [0.25, 0.3) is 0 Å². The minimum absolute atomic E-state index is 0.00875. The van der Waals surface area contributed by atoms with Crippen LogP contribution < -0.4 is 10.6 Å². The molecule has 63 heavy (non-hydrogen) atoms. The van der Waals surface area contributed by atoms with Gasteiger partial charge >= 0.3 is 5.97 Å². The predicted molar refractivity (Wildman–Crippen MR) is 240 cm³/mol. The lowest BCUT2D eigenvalue weighted by molar-refractivity contribution is -0.199.